The number of nitrogen functional groups attached to an aromatic ring is 2. The summed E-state index contributed by atoms with van der Waals surface area (Å²) in [6, 6.07) is 0. The first-order valence-electron chi connectivity index (χ1n) is 3.71. The summed E-state index contributed by atoms with van der Waals surface area (Å²) in [5, 5.41) is 0. The quantitative estimate of drug-likeness (QED) is 0.327. The Hall–Kier alpha value is -1.76. The lowest BCUT2D eigenvalue weighted by atomic mass is 10.4. The predicted molar refractivity (Wildman–Crippen MR) is 49.2 cm³/mol. The standard InChI is InChI=1S/C6H11N5O2/c1-2-11-4(7)3(10-8)5(12)9-6(11)13/h10H,2,7-8H2,1H3,(H,9,12,13). The molecule has 0 aliphatic rings. The van der Waals surface area contributed by atoms with E-state index in [1.54, 1.807) is 6.92 Å². The lowest BCUT2D eigenvalue weighted by Gasteiger charge is -2.09. The molecule has 0 radical (unpaired) electrons. The number of aromatic amines is 1. The Morgan fingerprint density at radius 3 is 2.62 bits per heavy atom. The fraction of sp³-hybridized carbons (Fsp3) is 0.333. The van der Waals surface area contributed by atoms with Gasteiger partial charge in [0.2, 0.25) is 0 Å². The summed E-state index contributed by atoms with van der Waals surface area (Å²) < 4.78 is 1.20. The minimum atomic E-state index is -0.616. The van der Waals surface area contributed by atoms with Gasteiger partial charge >= 0.3 is 5.69 Å². The van der Waals surface area contributed by atoms with Gasteiger partial charge in [-0.25, -0.2) is 4.79 Å². The largest absolute Gasteiger partial charge is 0.383 e. The van der Waals surface area contributed by atoms with E-state index in [0.717, 1.165) is 0 Å². The number of hydrogen-bond donors (Lipinski definition) is 4. The minimum absolute atomic E-state index is 0.00134. The smallest absolute Gasteiger partial charge is 0.330 e. The van der Waals surface area contributed by atoms with E-state index in [2.05, 4.69) is 10.4 Å². The number of anilines is 2. The molecule has 0 saturated heterocycles. The van der Waals surface area contributed by atoms with Gasteiger partial charge in [0.15, 0.2) is 5.69 Å². The molecule has 0 saturated carbocycles. The van der Waals surface area contributed by atoms with Crippen LogP contribution < -0.4 is 28.3 Å². The monoisotopic (exact) mass is 185 g/mol. The Morgan fingerprint density at radius 2 is 2.15 bits per heavy atom. The number of H-pyrrole nitrogens is 1. The third kappa shape index (κ3) is 1.41. The third-order valence-corrected chi connectivity index (χ3v) is 1.70. The van der Waals surface area contributed by atoms with Gasteiger partial charge in [0.1, 0.15) is 5.82 Å². The lowest BCUT2D eigenvalue weighted by molar-refractivity contribution is 0.706. The number of aromatic nitrogens is 2. The molecule has 1 aromatic rings. The van der Waals surface area contributed by atoms with Crippen LogP contribution in [0.25, 0.3) is 0 Å². The first-order valence-corrected chi connectivity index (χ1v) is 3.71. The van der Waals surface area contributed by atoms with Crippen molar-refractivity contribution in [2.45, 2.75) is 13.5 Å². The minimum Gasteiger partial charge on any atom is -0.383 e. The molecule has 13 heavy (non-hydrogen) atoms. The Bertz CT molecular complexity index is 382. The number of nitrogens with one attached hydrogen (secondary N) is 2. The topological polar surface area (TPSA) is 119 Å². The highest BCUT2D eigenvalue weighted by molar-refractivity contribution is 5.59. The van der Waals surface area contributed by atoms with E-state index < -0.39 is 11.2 Å². The summed E-state index contributed by atoms with van der Waals surface area (Å²) in [5.74, 6) is 5.10. The molecular weight excluding hydrogens is 174 g/mol. The van der Waals surface area contributed by atoms with Gasteiger partial charge in [0.25, 0.3) is 5.56 Å². The third-order valence-electron chi connectivity index (χ3n) is 1.70. The number of hydrogen-bond acceptors (Lipinski definition) is 5. The summed E-state index contributed by atoms with van der Waals surface area (Å²) in [5.41, 5.74) is 6.49. The Kier molecular flexibility index (Phi) is 2.38. The Labute approximate surface area is 73.3 Å². The highest BCUT2D eigenvalue weighted by Gasteiger charge is 2.08. The predicted octanol–water partition coefficient (Wildman–Crippen LogP) is -1.58. The molecule has 0 aliphatic carbocycles. The lowest BCUT2D eigenvalue weighted by Crippen LogP contribution is -2.34. The van der Waals surface area contributed by atoms with Crippen LogP contribution in [0.2, 0.25) is 0 Å². The van der Waals surface area contributed by atoms with Crippen LogP contribution >= 0.6 is 0 Å². The van der Waals surface area contributed by atoms with Crippen LogP contribution in [-0.4, -0.2) is 9.55 Å². The summed E-state index contributed by atoms with van der Waals surface area (Å²) in [6.45, 7) is 2.10. The zero-order valence-corrected chi connectivity index (χ0v) is 7.13. The summed E-state index contributed by atoms with van der Waals surface area (Å²) in [4.78, 5) is 24.3. The van der Waals surface area contributed by atoms with Crippen LogP contribution in [0.1, 0.15) is 6.92 Å². The van der Waals surface area contributed by atoms with Gasteiger partial charge in [-0.2, -0.15) is 0 Å². The van der Waals surface area contributed by atoms with Crippen molar-refractivity contribution in [3.63, 3.8) is 0 Å². The number of nitrogens with two attached hydrogens (primary N) is 2. The Balaban J connectivity index is 3.58. The molecule has 6 N–H and O–H groups in total. The van der Waals surface area contributed by atoms with Crippen molar-refractivity contribution >= 4 is 11.5 Å². The molecule has 0 amide bonds. The van der Waals surface area contributed by atoms with Crippen molar-refractivity contribution in [2.24, 2.45) is 5.84 Å². The van der Waals surface area contributed by atoms with E-state index in [1.165, 1.54) is 4.57 Å². The fourth-order valence-electron chi connectivity index (χ4n) is 1.04. The van der Waals surface area contributed by atoms with Gasteiger partial charge < -0.3 is 11.2 Å². The van der Waals surface area contributed by atoms with Crippen LogP contribution in [0, 0.1) is 0 Å². The first kappa shape index (κ1) is 9.33. The normalized spacial score (nSPS) is 10.0. The van der Waals surface area contributed by atoms with Crippen molar-refractivity contribution in [3.05, 3.63) is 20.8 Å². The van der Waals surface area contributed by atoms with E-state index >= 15 is 0 Å². The molecule has 0 atom stereocenters. The summed E-state index contributed by atoms with van der Waals surface area (Å²) in [6.07, 6.45) is 0. The second-order valence-electron chi connectivity index (χ2n) is 2.41. The molecule has 0 aliphatic heterocycles. The van der Waals surface area contributed by atoms with Crippen molar-refractivity contribution in [3.8, 4) is 0 Å². The van der Waals surface area contributed by atoms with Crippen LogP contribution in [0.3, 0.4) is 0 Å². The van der Waals surface area contributed by atoms with Crippen molar-refractivity contribution in [2.75, 3.05) is 11.2 Å². The highest BCUT2D eigenvalue weighted by atomic mass is 16.2. The van der Waals surface area contributed by atoms with Crippen molar-refractivity contribution in [1.29, 1.82) is 0 Å². The number of hydrazine groups is 1. The van der Waals surface area contributed by atoms with Crippen molar-refractivity contribution < 1.29 is 0 Å². The number of nitrogens with zero attached hydrogens (tertiary/aromatic N) is 1. The van der Waals surface area contributed by atoms with Gasteiger partial charge in [-0.1, -0.05) is 0 Å². The average molecular weight is 185 g/mol. The van der Waals surface area contributed by atoms with Gasteiger partial charge in [0, 0.05) is 6.54 Å². The van der Waals surface area contributed by atoms with Gasteiger partial charge in [-0.15, -0.1) is 0 Å². The maximum atomic E-state index is 11.1. The molecule has 0 fully saturated rings. The van der Waals surface area contributed by atoms with Gasteiger partial charge in [-0.3, -0.25) is 20.2 Å². The molecule has 72 valence electrons. The van der Waals surface area contributed by atoms with E-state index in [0.29, 0.717) is 6.54 Å². The van der Waals surface area contributed by atoms with E-state index in [9.17, 15) is 9.59 Å². The molecule has 0 unspecified atom stereocenters. The van der Waals surface area contributed by atoms with Crippen molar-refractivity contribution in [1.82, 2.24) is 9.55 Å². The molecule has 0 bridgehead atoms. The number of rotatable bonds is 2. The van der Waals surface area contributed by atoms with Gasteiger partial charge in [-0.05, 0) is 6.92 Å². The molecule has 0 aromatic carbocycles. The fourth-order valence-corrected chi connectivity index (χ4v) is 1.04. The molecule has 7 heteroatoms. The maximum Gasteiger partial charge on any atom is 0.330 e. The molecule has 1 heterocycles. The molecule has 1 aromatic heterocycles. The van der Waals surface area contributed by atoms with Crippen LogP contribution in [0.4, 0.5) is 11.5 Å². The van der Waals surface area contributed by atoms with E-state index in [-0.39, 0.29) is 11.5 Å². The van der Waals surface area contributed by atoms with Crippen LogP contribution in [-0.2, 0) is 6.54 Å². The molecular formula is C6H11N5O2. The summed E-state index contributed by atoms with van der Waals surface area (Å²) >= 11 is 0. The SMILES string of the molecule is CCn1c(N)c(NN)c(=O)[nH]c1=O. The average Bonchev–Trinajstić information content (AvgIpc) is 2.04. The first-order chi connectivity index (χ1) is 6.11. The Morgan fingerprint density at radius 1 is 1.54 bits per heavy atom. The molecule has 7 nitrogen and oxygen atoms in total. The zero-order chi connectivity index (χ0) is 10.0. The van der Waals surface area contributed by atoms with Gasteiger partial charge in [0.05, 0.1) is 0 Å². The molecule has 0 spiro atoms. The van der Waals surface area contributed by atoms with E-state index in [4.69, 9.17) is 11.6 Å². The van der Waals surface area contributed by atoms with E-state index in [1.807, 2.05) is 0 Å². The second-order valence-corrected chi connectivity index (χ2v) is 2.41. The highest BCUT2D eigenvalue weighted by Crippen LogP contribution is 2.06. The zero-order valence-electron chi connectivity index (χ0n) is 7.13. The molecule has 1 rings (SSSR count). The second kappa shape index (κ2) is 3.31. The maximum absolute atomic E-state index is 11.1. The van der Waals surface area contributed by atoms with Crippen LogP contribution in [0.5, 0.6) is 0 Å². The van der Waals surface area contributed by atoms with Crippen LogP contribution in [0.15, 0.2) is 9.59 Å². The summed E-state index contributed by atoms with van der Waals surface area (Å²) in [7, 11) is 0.